The molecule has 2 N–H and O–H groups in total. The first-order valence-electron chi connectivity index (χ1n) is 7.13. The van der Waals surface area contributed by atoms with Crippen LogP contribution in [0.1, 0.15) is 27.7 Å². The number of carbonyl (C=O) groups is 1. The summed E-state index contributed by atoms with van der Waals surface area (Å²) in [6.07, 6.45) is 0. The largest absolute Gasteiger partial charge is 0.379 e. The summed E-state index contributed by atoms with van der Waals surface area (Å²) in [6, 6.07) is -0.180. The molecular weight excluding hydrogens is 242 g/mol. The summed E-state index contributed by atoms with van der Waals surface area (Å²) >= 11 is 0. The molecule has 0 aliphatic carbocycles. The summed E-state index contributed by atoms with van der Waals surface area (Å²) in [5.41, 5.74) is 5.67. The van der Waals surface area contributed by atoms with Crippen molar-refractivity contribution in [1.29, 1.82) is 0 Å². The van der Waals surface area contributed by atoms with Gasteiger partial charge in [0.2, 0.25) is 5.91 Å². The maximum absolute atomic E-state index is 12.6. The summed E-state index contributed by atoms with van der Waals surface area (Å²) < 4.78 is 5.38. The van der Waals surface area contributed by atoms with E-state index in [1.54, 1.807) is 0 Å². The Balaban J connectivity index is 1.96. The Morgan fingerprint density at radius 3 is 2.26 bits per heavy atom. The zero-order valence-electron chi connectivity index (χ0n) is 12.6. The SMILES string of the molecule is CC1(C(=O)N2CCN(C(C)(C)C)CC2)COCC1N. The molecule has 0 saturated carbocycles. The Morgan fingerprint density at radius 2 is 1.84 bits per heavy atom. The lowest BCUT2D eigenvalue weighted by atomic mass is 9.84. The van der Waals surface area contributed by atoms with Crippen LogP contribution in [0.2, 0.25) is 0 Å². The van der Waals surface area contributed by atoms with Gasteiger partial charge in [-0.15, -0.1) is 0 Å². The highest BCUT2D eigenvalue weighted by molar-refractivity contribution is 5.83. The van der Waals surface area contributed by atoms with Crippen LogP contribution in [0.15, 0.2) is 0 Å². The number of hydrogen-bond donors (Lipinski definition) is 1. The van der Waals surface area contributed by atoms with Crippen molar-refractivity contribution >= 4 is 5.91 Å². The first-order chi connectivity index (χ1) is 8.75. The Bertz CT molecular complexity index is 345. The van der Waals surface area contributed by atoms with Gasteiger partial charge in [0.05, 0.1) is 18.6 Å². The number of carbonyl (C=O) groups excluding carboxylic acids is 1. The molecule has 2 saturated heterocycles. The summed E-state index contributed by atoms with van der Waals surface area (Å²) in [5, 5.41) is 0. The van der Waals surface area contributed by atoms with Crippen LogP contribution in [-0.4, -0.2) is 66.7 Å². The van der Waals surface area contributed by atoms with Gasteiger partial charge < -0.3 is 15.4 Å². The highest BCUT2D eigenvalue weighted by Gasteiger charge is 2.47. The average Bonchev–Trinajstić information content (AvgIpc) is 2.69. The molecular formula is C14H27N3O2. The van der Waals surface area contributed by atoms with Gasteiger partial charge in [0.25, 0.3) is 0 Å². The minimum absolute atomic E-state index is 0.158. The fraction of sp³-hybridized carbons (Fsp3) is 0.929. The average molecular weight is 269 g/mol. The molecule has 0 aromatic carbocycles. The molecule has 2 atom stereocenters. The number of amides is 1. The molecule has 19 heavy (non-hydrogen) atoms. The van der Waals surface area contributed by atoms with Gasteiger partial charge in [0.1, 0.15) is 0 Å². The van der Waals surface area contributed by atoms with E-state index in [4.69, 9.17) is 10.5 Å². The van der Waals surface area contributed by atoms with Crippen molar-refractivity contribution in [3.63, 3.8) is 0 Å². The highest BCUT2D eigenvalue weighted by Crippen LogP contribution is 2.30. The molecule has 0 radical (unpaired) electrons. The first kappa shape index (κ1) is 14.8. The van der Waals surface area contributed by atoms with Crippen molar-refractivity contribution in [3.8, 4) is 0 Å². The summed E-state index contributed by atoms with van der Waals surface area (Å²) in [6.45, 7) is 13.0. The van der Waals surface area contributed by atoms with Crippen molar-refractivity contribution < 1.29 is 9.53 Å². The number of hydrogen-bond acceptors (Lipinski definition) is 4. The molecule has 2 fully saturated rings. The van der Waals surface area contributed by atoms with E-state index in [1.165, 1.54) is 0 Å². The summed E-state index contributed by atoms with van der Waals surface area (Å²) in [7, 11) is 0. The van der Waals surface area contributed by atoms with E-state index in [0.717, 1.165) is 26.2 Å². The van der Waals surface area contributed by atoms with Crippen LogP contribution in [0.4, 0.5) is 0 Å². The molecule has 5 nitrogen and oxygen atoms in total. The van der Waals surface area contributed by atoms with Crippen LogP contribution in [0.5, 0.6) is 0 Å². The van der Waals surface area contributed by atoms with Gasteiger partial charge in [-0.2, -0.15) is 0 Å². The number of rotatable bonds is 1. The first-order valence-corrected chi connectivity index (χ1v) is 7.13. The molecule has 110 valence electrons. The topological polar surface area (TPSA) is 58.8 Å². The second kappa shape index (κ2) is 5.04. The molecule has 2 aliphatic heterocycles. The van der Waals surface area contributed by atoms with Crippen molar-refractivity contribution in [1.82, 2.24) is 9.80 Å². The zero-order chi connectivity index (χ0) is 14.3. The van der Waals surface area contributed by atoms with Crippen molar-refractivity contribution in [3.05, 3.63) is 0 Å². The third kappa shape index (κ3) is 2.78. The van der Waals surface area contributed by atoms with Gasteiger partial charge in [-0.25, -0.2) is 0 Å². The van der Waals surface area contributed by atoms with E-state index in [1.807, 2.05) is 11.8 Å². The van der Waals surface area contributed by atoms with Gasteiger partial charge in [-0.05, 0) is 27.7 Å². The number of nitrogens with zero attached hydrogens (tertiary/aromatic N) is 2. The van der Waals surface area contributed by atoms with Crippen LogP contribution >= 0.6 is 0 Å². The maximum atomic E-state index is 12.6. The van der Waals surface area contributed by atoms with Crippen LogP contribution < -0.4 is 5.73 Å². The van der Waals surface area contributed by atoms with Crippen LogP contribution in [-0.2, 0) is 9.53 Å². The molecule has 2 heterocycles. The van der Waals surface area contributed by atoms with Crippen molar-refractivity contribution in [2.24, 2.45) is 11.1 Å². The molecule has 5 heteroatoms. The van der Waals surface area contributed by atoms with Crippen molar-refractivity contribution in [2.45, 2.75) is 39.3 Å². The molecule has 0 spiro atoms. The van der Waals surface area contributed by atoms with Gasteiger partial charge in [0, 0.05) is 37.8 Å². The number of piperazine rings is 1. The molecule has 2 aliphatic rings. The van der Waals surface area contributed by atoms with E-state index in [9.17, 15) is 4.79 Å². The summed E-state index contributed by atoms with van der Waals surface area (Å²) in [4.78, 5) is 17.0. The second-order valence-corrected chi connectivity index (χ2v) is 6.99. The number of ether oxygens (including phenoxy) is 1. The lowest BCUT2D eigenvalue weighted by Gasteiger charge is -2.44. The lowest BCUT2D eigenvalue weighted by Crippen LogP contribution is -2.59. The smallest absolute Gasteiger partial charge is 0.232 e. The quantitative estimate of drug-likeness (QED) is 0.743. The molecule has 0 bridgehead atoms. The van der Waals surface area contributed by atoms with Crippen LogP contribution in [0.25, 0.3) is 0 Å². The van der Waals surface area contributed by atoms with Gasteiger partial charge in [-0.3, -0.25) is 9.69 Å². The number of nitrogens with two attached hydrogens (primary N) is 1. The fourth-order valence-electron chi connectivity index (χ4n) is 2.85. The molecule has 2 rings (SSSR count). The third-order valence-electron chi connectivity index (χ3n) is 4.52. The van der Waals surface area contributed by atoms with Crippen molar-refractivity contribution in [2.75, 3.05) is 39.4 Å². The molecule has 2 unspecified atom stereocenters. The standard InChI is InChI=1S/C14H27N3O2/c1-13(2,3)17-7-5-16(6-8-17)12(18)14(4)10-19-9-11(14)15/h11H,5-10,15H2,1-4H3. The van der Waals surface area contributed by atoms with Crippen LogP contribution in [0.3, 0.4) is 0 Å². The predicted molar refractivity (Wildman–Crippen MR) is 74.8 cm³/mol. The highest BCUT2D eigenvalue weighted by atomic mass is 16.5. The zero-order valence-corrected chi connectivity index (χ0v) is 12.6. The Morgan fingerprint density at radius 1 is 1.26 bits per heavy atom. The fourth-order valence-corrected chi connectivity index (χ4v) is 2.85. The second-order valence-electron chi connectivity index (χ2n) is 6.99. The Hall–Kier alpha value is -0.650. The lowest BCUT2D eigenvalue weighted by molar-refractivity contribution is -0.144. The van der Waals surface area contributed by atoms with E-state index >= 15 is 0 Å². The van der Waals surface area contributed by atoms with E-state index in [2.05, 4.69) is 25.7 Å². The van der Waals surface area contributed by atoms with E-state index in [-0.39, 0.29) is 17.5 Å². The normalized spacial score (nSPS) is 33.7. The third-order valence-corrected chi connectivity index (χ3v) is 4.52. The van der Waals surface area contributed by atoms with Gasteiger partial charge in [-0.1, -0.05) is 0 Å². The summed E-state index contributed by atoms with van der Waals surface area (Å²) in [5.74, 6) is 0.158. The van der Waals surface area contributed by atoms with Gasteiger partial charge >= 0.3 is 0 Å². The van der Waals surface area contributed by atoms with E-state index < -0.39 is 5.41 Å². The molecule has 1 amide bonds. The Labute approximate surface area is 116 Å². The van der Waals surface area contributed by atoms with Gasteiger partial charge in [0.15, 0.2) is 0 Å². The van der Waals surface area contributed by atoms with Crippen LogP contribution in [0, 0.1) is 5.41 Å². The monoisotopic (exact) mass is 269 g/mol. The molecule has 0 aromatic rings. The predicted octanol–water partition coefficient (Wildman–Crippen LogP) is 0.293. The Kier molecular flexibility index (Phi) is 3.91. The maximum Gasteiger partial charge on any atom is 0.232 e. The minimum Gasteiger partial charge on any atom is -0.379 e. The molecule has 0 aromatic heterocycles. The van der Waals surface area contributed by atoms with E-state index in [0.29, 0.717) is 13.2 Å². The minimum atomic E-state index is -0.538.